The van der Waals surface area contributed by atoms with Gasteiger partial charge in [-0.2, -0.15) is 8.42 Å². The Kier molecular flexibility index (Phi) is 1.74. The van der Waals surface area contributed by atoms with Gasteiger partial charge in [-0.3, -0.25) is 4.55 Å². The zero-order chi connectivity index (χ0) is 7.83. The molecule has 0 bridgehead atoms. The minimum absolute atomic E-state index is 0.146. The van der Waals surface area contributed by atoms with Crippen molar-refractivity contribution in [1.82, 2.24) is 0 Å². The van der Waals surface area contributed by atoms with Crippen LogP contribution < -0.4 is 0 Å². The highest BCUT2D eigenvalue weighted by molar-refractivity contribution is 7.85. The van der Waals surface area contributed by atoms with Crippen molar-refractivity contribution >= 4 is 10.1 Å². The van der Waals surface area contributed by atoms with Gasteiger partial charge in [0.15, 0.2) is 0 Å². The highest BCUT2D eigenvalue weighted by Gasteiger charge is 2.45. The highest BCUT2D eigenvalue weighted by Crippen LogP contribution is 2.45. The molecule has 4 nitrogen and oxygen atoms in total. The SMILES string of the molecule is O=S(=O)(O)CC1(CO)CC1. The molecular formula is C5H10O4S. The standard InChI is InChI=1S/C5H10O4S/c6-3-5(1-2-5)4-10(7,8)9/h6H,1-4H2,(H,7,8,9). The molecule has 0 radical (unpaired) electrons. The van der Waals surface area contributed by atoms with Gasteiger partial charge in [-0.25, -0.2) is 0 Å². The Balaban J connectivity index is 2.54. The van der Waals surface area contributed by atoms with Gasteiger partial charge in [0.05, 0.1) is 5.75 Å². The fraction of sp³-hybridized carbons (Fsp3) is 1.00. The van der Waals surface area contributed by atoms with Gasteiger partial charge in [0.2, 0.25) is 0 Å². The molecule has 1 aliphatic carbocycles. The third kappa shape index (κ3) is 1.93. The van der Waals surface area contributed by atoms with Crippen LogP contribution in [0.3, 0.4) is 0 Å². The second kappa shape index (κ2) is 2.18. The summed E-state index contributed by atoms with van der Waals surface area (Å²) in [5.74, 6) is -0.295. The van der Waals surface area contributed by atoms with Crippen molar-refractivity contribution < 1.29 is 18.1 Å². The Labute approximate surface area is 59.6 Å². The van der Waals surface area contributed by atoms with Crippen LogP contribution in [0.1, 0.15) is 12.8 Å². The molecule has 10 heavy (non-hydrogen) atoms. The fourth-order valence-electron chi connectivity index (χ4n) is 0.912. The highest BCUT2D eigenvalue weighted by atomic mass is 32.2. The summed E-state index contributed by atoms with van der Waals surface area (Å²) in [7, 11) is -3.89. The lowest BCUT2D eigenvalue weighted by Crippen LogP contribution is -2.19. The Hall–Kier alpha value is -0.130. The summed E-state index contributed by atoms with van der Waals surface area (Å²) in [6.45, 7) is -0.146. The maximum absolute atomic E-state index is 10.3. The summed E-state index contributed by atoms with van der Waals surface area (Å²) in [6.07, 6.45) is 1.40. The fourth-order valence-corrected chi connectivity index (χ4v) is 2.07. The summed E-state index contributed by atoms with van der Waals surface area (Å²) in [4.78, 5) is 0. The minimum Gasteiger partial charge on any atom is -0.396 e. The molecule has 1 rings (SSSR count). The first kappa shape index (κ1) is 7.97. The molecular weight excluding hydrogens is 156 g/mol. The normalized spacial score (nSPS) is 22.6. The van der Waals surface area contributed by atoms with E-state index in [1.807, 2.05) is 0 Å². The van der Waals surface area contributed by atoms with Gasteiger partial charge < -0.3 is 5.11 Å². The second-order valence-electron chi connectivity index (χ2n) is 2.88. The smallest absolute Gasteiger partial charge is 0.265 e. The number of hydrogen-bond acceptors (Lipinski definition) is 3. The molecule has 60 valence electrons. The molecule has 0 aromatic heterocycles. The van der Waals surface area contributed by atoms with E-state index < -0.39 is 15.5 Å². The monoisotopic (exact) mass is 166 g/mol. The first-order valence-electron chi connectivity index (χ1n) is 3.04. The van der Waals surface area contributed by atoms with E-state index in [0.29, 0.717) is 12.8 Å². The lowest BCUT2D eigenvalue weighted by molar-refractivity contribution is 0.224. The van der Waals surface area contributed by atoms with E-state index in [0.717, 1.165) is 0 Å². The van der Waals surface area contributed by atoms with Crippen molar-refractivity contribution in [3.05, 3.63) is 0 Å². The average Bonchev–Trinajstić information content (AvgIpc) is 2.45. The van der Waals surface area contributed by atoms with E-state index in [2.05, 4.69) is 0 Å². The van der Waals surface area contributed by atoms with Crippen LogP contribution in [0.5, 0.6) is 0 Å². The van der Waals surface area contributed by atoms with Crippen molar-refractivity contribution in [2.75, 3.05) is 12.4 Å². The molecule has 0 unspecified atom stereocenters. The van der Waals surface area contributed by atoms with Gasteiger partial charge in [-0.05, 0) is 12.8 Å². The Morgan fingerprint density at radius 3 is 2.00 bits per heavy atom. The molecule has 2 N–H and O–H groups in total. The van der Waals surface area contributed by atoms with Crippen molar-refractivity contribution in [3.8, 4) is 0 Å². The summed E-state index contributed by atoms with van der Waals surface area (Å²) < 4.78 is 29.0. The van der Waals surface area contributed by atoms with E-state index >= 15 is 0 Å². The number of hydrogen-bond donors (Lipinski definition) is 2. The molecule has 0 spiro atoms. The number of aliphatic hydroxyl groups excluding tert-OH is 1. The van der Waals surface area contributed by atoms with Crippen LogP contribution in [0, 0.1) is 5.41 Å². The third-order valence-electron chi connectivity index (χ3n) is 1.78. The Morgan fingerprint density at radius 1 is 1.40 bits per heavy atom. The van der Waals surface area contributed by atoms with Gasteiger partial charge in [0.1, 0.15) is 0 Å². The van der Waals surface area contributed by atoms with E-state index in [1.54, 1.807) is 0 Å². The van der Waals surface area contributed by atoms with Gasteiger partial charge in [0, 0.05) is 12.0 Å². The molecule has 0 saturated heterocycles. The van der Waals surface area contributed by atoms with Crippen LogP contribution in [0.15, 0.2) is 0 Å². The molecule has 1 aliphatic rings. The predicted octanol–water partition coefficient (Wildman–Crippen LogP) is -0.353. The maximum atomic E-state index is 10.3. The van der Waals surface area contributed by atoms with E-state index in [4.69, 9.17) is 9.66 Å². The molecule has 1 fully saturated rings. The first-order chi connectivity index (χ1) is 4.47. The first-order valence-corrected chi connectivity index (χ1v) is 4.64. The summed E-state index contributed by atoms with van der Waals surface area (Å²) in [6, 6.07) is 0. The Bertz CT molecular complexity index is 214. The number of aliphatic hydroxyl groups is 1. The summed E-state index contributed by atoms with van der Waals surface area (Å²) >= 11 is 0. The maximum Gasteiger partial charge on any atom is 0.265 e. The average molecular weight is 166 g/mol. The molecule has 0 heterocycles. The van der Waals surface area contributed by atoms with E-state index in [9.17, 15) is 8.42 Å². The van der Waals surface area contributed by atoms with Crippen LogP contribution in [0.4, 0.5) is 0 Å². The summed E-state index contributed by atoms with van der Waals surface area (Å²) in [5.41, 5.74) is -0.506. The molecule has 0 aromatic rings. The summed E-state index contributed by atoms with van der Waals surface area (Å²) in [5, 5.41) is 8.64. The molecule has 5 heteroatoms. The van der Waals surface area contributed by atoms with Crippen molar-refractivity contribution in [3.63, 3.8) is 0 Å². The predicted molar refractivity (Wildman–Crippen MR) is 35.2 cm³/mol. The zero-order valence-corrected chi connectivity index (χ0v) is 6.26. The minimum atomic E-state index is -3.89. The van der Waals surface area contributed by atoms with Gasteiger partial charge in [0.25, 0.3) is 10.1 Å². The third-order valence-corrected chi connectivity index (χ3v) is 2.76. The topological polar surface area (TPSA) is 74.6 Å². The number of rotatable bonds is 3. The quantitative estimate of drug-likeness (QED) is 0.562. The molecule has 0 aliphatic heterocycles. The van der Waals surface area contributed by atoms with Crippen LogP contribution in [0.25, 0.3) is 0 Å². The molecule has 1 saturated carbocycles. The van der Waals surface area contributed by atoms with E-state index in [-0.39, 0.29) is 12.4 Å². The molecule has 0 atom stereocenters. The van der Waals surface area contributed by atoms with Crippen molar-refractivity contribution in [2.45, 2.75) is 12.8 Å². The van der Waals surface area contributed by atoms with Gasteiger partial charge >= 0.3 is 0 Å². The van der Waals surface area contributed by atoms with Gasteiger partial charge in [-0.1, -0.05) is 0 Å². The Morgan fingerprint density at radius 2 is 1.90 bits per heavy atom. The lowest BCUT2D eigenvalue weighted by Gasteiger charge is -2.06. The zero-order valence-electron chi connectivity index (χ0n) is 5.45. The molecule has 0 aromatic carbocycles. The molecule has 0 amide bonds. The van der Waals surface area contributed by atoms with Crippen molar-refractivity contribution in [2.24, 2.45) is 5.41 Å². The van der Waals surface area contributed by atoms with Crippen LogP contribution in [-0.2, 0) is 10.1 Å². The second-order valence-corrected chi connectivity index (χ2v) is 4.34. The van der Waals surface area contributed by atoms with Crippen LogP contribution in [-0.4, -0.2) is 30.4 Å². The van der Waals surface area contributed by atoms with Gasteiger partial charge in [-0.15, -0.1) is 0 Å². The van der Waals surface area contributed by atoms with E-state index in [1.165, 1.54) is 0 Å². The van der Waals surface area contributed by atoms with Crippen LogP contribution in [0.2, 0.25) is 0 Å². The lowest BCUT2D eigenvalue weighted by atomic mass is 10.2. The van der Waals surface area contributed by atoms with Crippen LogP contribution >= 0.6 is 0 Å². The largest absolute Gasteiger partial charge is 0.396 e. The van der Waals surface area contributed by atoms with Crippen molar-refractivity contribution in [1.29, 1.82) is 0 Å².